The van der Waals surface area contributed by atoms with Gasteiger partial charge in [0.1, 0.15) is 12.1 Å². The smallest absolute Gasteiger partial charge is 0.164 e. The molecular weight excluding hydrogens is 801 g/mol. The van der Waals surface area contributed by atoms with E-state index >= 15 is 0 Å². The van der Waals surface area contributed by atoms with Crippen LogP contribution in [0.3, 0.4) is 0 Å². The van der Waals surface area contributed by atoms with Crippen molar-refractivity contribution in [3.63, 3.8) is 0 Å². The van der Waals surface area contributed by atoms with Crippen LogP contribution >= 0.6 is 11.3 Å². The molecule has 0 spiro atoms. The second-order valence-corrected chi connectivity index (χ2v) is 15.0. The third-order valence-corrected chi connectivity index (χ3v) is 11.6. The van der Waals surface area contributed by atoms with Crippen molar-refractivity contribution >= 4 is 59.0 Å². The van der Waals surface area contributed by atoms with Gasteiger partial charge in [0.2, 0.25) is 0 Å². The Bertz CT molecular complexity index is 2100. The number of aromatic nitrogens is 2. The summed E-state index contributed by atoms with van der Waals surface area (Å²) < 4.78 is 2.38. The molecule has 6 aromatic rings. The van der Waals surface area contributed by atoms with Crippen LogP contribution in [0.4, 0.5) is 0 Å². The molecule has 1 N–H and O–H groups in total. The van der Waals surface area contributed by atoms with Crippen molar-refractivity contribution in [2.45, 2.75) is 87.5 Å². The van der Waals surface area contributed by atoms with Gasteiger partial charge in [0.15, 0.2) is 5.78 Å². The average Bonchev–Trinajstić information content (AvgIpc) is 3.47. The summed E-state index contributed by atoms with van der Waals surface area (Å²) >= 11 is 1.78. The van der Waals surface area contributed by atoms with Crippen LogP contribution in [0.1, 0.15) is 86.6 Å². The maximum absolute atomic E-state index is 12.2. The molecule has 0 saturated heterocycles. The molecule has 4 nitrogen and oxygen atoms in total. The number of ketones is 1. The largest absolute Gasteiger partial charge is 0.512 e. The van der Waals surface area contributed by atoms with Crippen LogP contribution in [0.15, 0.2) is 84.9 Å². The number of nitrogens with zero attached hydrogens (tertiary/aromatic N) is 2. The van der Waals surface area contributed by atoms with E-state index < -0.39 is 0 Å². The molecule has 259 valence electrons. The van der Waals surface area contributed by atoms with Crippen LogP contribution in [0.25, 0.3) is 53.1 Å². The molecule has 6 heteroatoms. The topological polar surface area (TPSA) is 63.1 Å². The SMILES string of the molecule is CC(C)Cc1cc(-c2ncnc3c2sc2cc4ccccc4cc23)[c-]c2ccccc12.CCC(C)(CC)C(=O)/C=C(\O)C(C)(CC)CC.[Ir]. The predicted molar refractivity (Wildman–Crippen MR) is 206 cm³/mol. The number of fused-ring (bicyclic) bond motifs is 5. The second-order valence-electron chi connectivity index (χ2n) is 14.0. The number of carbonyl (C=O) groups is 1. The van der Waals surface area contributed by atoms with Gasteiger partial charge in [-0.1, -0.05) is 109 Å². The van der Waals surface area contributed by atoms with Gasteiger partial charge in [0.25, 0.3) is 0 Å². The number of carbonyl (C=O) groups excluding carboxylic acids is 1. The number of hydrogen-bond donors (Lipinski definition) is 1. The molecule has 0 aliphatic heterocycles. The molecular formula is C43H49IrN2O2S-. The molecule has 0 aliphatic carbocycles. The third-order valence-electron chi connectivity index (χ3n) is 10.5. The molecule has 2 aromatic heterocycles. The fourth-order valence-electron chi connectivity index (χ4n) is 6.18. The van der Waals surface area contributed by atoms with E-state index in [4.69, 9.17) is 4.98 Å². The van der Waals surface area contributed by atoms with E-state index in [1.54, 1.807) is 17.7 Å². The molecule has 4 aromatic carbocycles. The molecule has 2 heterocycles. The molecule has 0 unspecified atom stereocenters. The maximum Gasteiger partial charge on any atom is 0.164 e. The number of rotatable bonds is 10. The molecule has 1 radical (unpaired) electrons. The summed E-state index contributed by atoms with van der Waals surface area (Å²) in [7, 11) is 0. The Morgan fingerprint density at radius 1 is 0.857 bits per heavy atom. The summed E-state index contributed by atoms with van der Waals surface area (Å²) in [5, 5.41) is 16.3. The van der Waals surface area contributed by atoms with Crippen LogP contribution in [-0.4, -0.2) is 20.9 Å². The van der Waals surface area contributed by atoms with Gasteiger partial charge < -0.3 is 5.11 Å². The normalized spacial score (nSPS) is 12.4. The van der Waals surface area contributed by atoms with Gasteiger partial charge in [-0.3, -0.25) is 9.78 Å². The van der Waals surface area contributed by atoms with E-state index in [2.05, 4.69) is 91.6 Å². The Kier molecular flexibility index (Phi) is 12.6. The van der Waals surface area contributed by atoms with Crippen LogP contribution in [0.5, 0.6) is 0 Å². The van der Waals surface area contributed by atoms with E-state index in [9.17, 15) is 9.90 Å². The van der Waals surface area contributed by atoms with Crippen molar-refractivity contribution in [1.29, 1.82) is 0 Å². The average molecular weight is 850 g/mol. The van der Waals surface area contributed by atoms with Crippen molar-refractivity contribution in [1.82, 2.24) is 9.97 Å². The first-order chi connectivity index (χ1) is 23.0. The number of aliphatic hydroxyl groups excluding tert-OH is 1. The van der Waals surface area contributed by atoms with Gasteiger partial charge in [0, 0.05) is 57.5 Å². The van der Waals surface area contributed by atoms with Crippen LogP contribution in [0.2, 0.25) is 0 Å². The van der Waals surface area contributed by atoms with Crippen molar-refractivity contribution in [3.05, 3.63) is 96.5 Å². The third kappa shape index (κ3) is 7.98. The summed E-state index contributed by atoms with van der Waals surface area (Å²) in [6, 6.07) is 27.5. The zero-order valence-electron chi connectivity index (χ0n) is 30.1. The van der Waals surface area contributed by atoms with Gasteiger partial charge in [-0.25, -0.2) is 4.98 Å². The molecule has 49 heavy (non-hydrogen) atoms. The summed E-state index contributed by atoms with van der Waals surface area (Å²) in [6.07, 6.45) is 7.49. The summed E-state index contributed by atoms with van der Waals surface area (Å²) in [5.41, 5.74) is 3.82. The van der Waals surface area contributed by atoms with Crippen molar-refractivity contribution in [2.75, 3.05) is 0 Å². The van der Waals surface area contributed by atoms with Gasteiger partial charge >= 0.3 is 0 Å². The first kappa shape index (κ1) is 38.4. The summed E-state index contributed by atoms with van der Waals surface area (Å²) in [6.45, 7) is 16.6. The molecule has 0 atom stereocenters. The Morgan fingerprint density at radius 3 is 2.10 bits per heavy atom. The fraction of sp³-hybridized carbons (Fsp3) is 0.372. The number of allylic oxidation sites excluding steroid dienone is 2. The molecule has 6 rings (SSSR count). The van der Waals surface area contributed by atoms with Crippen LogP contribution in [-0.2, 0) is 31.3 Å². The Labute approximate surface area is 309 Å². The quantitative estimate of drug-likeness (QED) is 0.0847. The van der Waals surface area contributed by atoms with Crippen LogP contribution < -0.4 is 0 Å². The number of benzene rings is 4. The van der Waals surface area contributed by atoms with E-state index in [0.717, 1.165) is 59.0 Å². The van der Waals surface area contributed by atoms with Gasteiger partial charge in [-0.05, 0) is 60.9 Å². The van der Waals surface area contributed by atoms with Crippen LogP contribution in [0, 0.1) is 22.8 Å². The number of aliphatic hydroxyl groups is 1. The van der Waals surface area contributed by atoms with Gasteiger partial charge in [-0.15, -0.1) is 40.5 Å². The first-order valence-electron chi connectivity index (χ1n) is 17.4. The molecule has 0 saturated carbocycles. The van der Waals surface area contributed by atoms with E-state index in [-0.39, 0.29) is 42.5 Å². The zero-order valence-corrected chi connectivity index (χ0v) is 33.3. The molecule has 0 aliphatic rings. The maximum atomic E-state index is 12.2. The summed E-state index contributed by atoms with van der Waals surface area (Å²) in [5.74, 6) is 0.870. The minimum atomic E-state index is -0.337. The Hall–Kier alpha value is -3.44. The summed E-state index contributed by atoms with van der Waals surface area (Å²) in [4.78, 5) is 21.6. The molecule has 0 bridgehead atoms. The second kappa shape index (κ2) is 16.1. The number of thiophene rings is 1. The molecule has 0 amide bonds. The molecule has 0 fully saturated rings. The zero-order chi connectivity index (χ0) is 34.6. The fourth-order valence-corrected chi connectivity index (χ4v) is 7.37. The number of hydrogen-bond acceptors (Lipinski definition) is 5. The van der Waals surface area contributed by atoms with E-state index in [0.29, 0.717) is 5.92 Å². The van der Waals surface area contributed by atoms with Crippen molar-refractivity contribution in [2.24, 2.45) is 16.7 Å². The van der Waals surface area contributed by atoms with E-state index in [1.165, 1.54) is 37.9 Å². The van der Waals surface area contributed by atoms with Crippen molar-refractivity contribution < 1.29 is 30.0 Å². The van der Waals surface area contributed by atoms with Crippen molar-refractivity contribution in [3.8, 4) is 11.3 Å². The van der Waals surface area contributed by atoms with Gasteiger partial charge in [-0.2, -0.15) is 0 Å². The Balaban J connectivity index is 0.000000260. The minimum Gasteiger partial charge on any atom is -0.512 e. The Morgan fingerprint density at radius 2 is 1.47 bits per heavy atom. The monoisotopic (exact) mass is 850 g/mol. The first-order valence-corrected chi connectivity index (χ1v) is 18.2. The minimum absolute atomic E-state index is 0. The standard InChI is InChI=1S/C28H21N2S.C15H28O2.Ir/c1-17(2)11-21-13-22(12-20-9-5-6-10-23(20)21)26-28-27(30-16-29-26)24-14-18-7-3-4-8-19(18)15-25(24)31-28;1-7-14(5,8-2)12(16)11-13(17)15(6,9-3)10-4;/h3-10,13-17H,11H2,1-2H3;11,16H,7-10H2,1-6H3;/q-1;;/b;12-11-;. The van der Waals surface area contributed by atoms with Gasteiger partial charge in [0.05, 0.1) is 5.52 Å². The predicted octanol–water partition coefficient (Wildman–Crippen LogP) is 12.5. The van der Waals surface area contributed by atoms with E-state index in [1.807, 2.05) is 41.5 Å².